The number of likely N-dealkylation sites (N-methyl/N-ethyl adjacent to an activating group) is 1. The zero-order valence-corrected chi connectivity index (χ0v) is 14.2. The molecule has 2 aromatic rings. The first kappa shape index (κ1) is 16.6. The van der Waals surface area contributed by atoms with Crippen LogP contribution in [0.2, 0.25) is 0 Å². The van der Waals surface area contributed by atoms with Crippen molar-refractivity contribution < 1.29 is 4.79 Å². The van der Waals surface area contributed by atoms with Crippen molar-refractivity contribution in [1.82, 2.24) is 30.8 Å². The van der Waals surface area contributed by atoms with Crippen LogP contribution in [0.3, 0.4) is 0 Å². The standard InChI is InChI=1S/C17H24N6O/c1-12(17(24)18-15-8-3-4-9-15)23(2)11-13-6-5-7-14(10-13)16-19-21-22-20-16/h5-7,10,12,15H,3-4,8-9,11H2,1-2H3,(H,18,24)(H,19,20,21,22)/t12-/m1/s1. The number of tetrazole rings is 1. The second kappa shape index (κ2) is 7.53. The molecule has 3 rings (SSSR count). The van der Waals surface area contributed by atoms with Crippen LogP contribution < -0.4 is 5.32 Å². The molecule has 1 fully saturated rings. The van der Waals surface area contributed by atoms with Crippen LogP contribution in [0.15, 0.2) is 24.3 Å². The Hall–Kier alpha value is -2.28. The van der Waals surface area contributed by atoms with Crippen molar-refractivity contribution in [1.29, 1.82) is 0 Å². The lowest BCUT2D eigenvalue weighted by atomic mass is 10.1. The van der Waals surface area contributed by atoms with Crippen molar-refractivity contribution in [2.45, 2.75) is 51.2 Å². The smallest absolute Gasteiger partial charge is 0.237 e. The summed E-state index contributed by atoms with van der Waals surface area (Å²) in [6.07, 6.45) is 4.65. The van der Waals surface area contributed by atoms with E-state index in [1.54, 1.807) is 0 Å². The van der Waals surface area contributed by atoms with Crippen molar-refractivity contribution in [3.8, 4) is 11.4 Å². The lowest BCUT2D eigenvalue weighted by Crippen LogP contribution is -2.46. The minimum Gasteiger partial charge on any atom is -0.352 e. The van der Waals surface area contributed by atoms with Gasteiger partial charge in [0.2, 0.25) is 11.7 Å². The van der Waals surface area contributed by atoms with Crippen LogP contribution in [0.1, 0.15) is 38.2 Å². The summed E-state index contributed by atoms with van der Waals surface area (Å²) < 4.78 is 0. The molecule has 0 aliphatic heterocycles. The van der Waals surface area contributed by atoms with E-state index in [9.17, 15) is 4.79 Å². The quantitative estimate of drug-likeness (QED) is 0.843. The second-order valence-corrected chi connectivity index (χ2v) is 6.52. The molecular weight excluding hydrogens is 304 g/mol. The summed E-state index contributed by atoms with van der Waals surface area (Å²) in [4.78, 5) is 14.5. The average molecular weight is 328 g/mol. The molecule has 0 spiro atoms. The van der Waals surface area contributed by atoms with E-state index >= 15 is 0 Å². The van der Waals surface area contributed by atoms with E-state index in [0.717, 1.165) is 24.0 Å². The summed E-state index contributed by atoms with van der Waals surface area (Å²) in [7, 11) is 1.97. The Balaban J connectivity index is 1.60. The minimum absolute atomic E-state index is 0.110. The van der Waals surface area contributed by atoms with E-state index in [0.29, 0.717) is 18.4 Å². The Kier molecular flexibility index (Phi) is 5.20. The van der Waals surface area contributed by atoms with Gasteiger partial charge in [0.1, 0.15) is 0 Å². The summed E-state index contributed by atoms with van der Waals surface area (Å²) in [5.41, 5.74) is 2.03. The Morgan fingerprint density at radius 2 is 2.21 bits per heavy atom. The predicted molar refractivity (Wildman–Crippen MR) is 90.9 cm³/mol. The number of amides is 1. The Morgan fingerprint density at radius 3 is 2.92 bits per heavy atom. The zero-order valence-electron chi connectivity index (χ0n) is 14.2. The van der Waals surface area contributed by atoms with Gasteiger partial charge < -0.3 is 5.32 Å². The summed E-state index contributed by atoms with van der Waals surface area (Å²) in [5, 5.41) is 17.2. The molecule has 7 heteroatoms. The largest absolute Gasteiger partial charge is 0.352 e. The summed E-state index contributed by atoms with van der Waals surface area (Å²) in [6.45, 7) is 2.64. The molecule has 0 bridgehead atoms. The lowest BCUT2D eigenvalue weighted by Gasteiger charge is -2.25. The lowest BCUT2D eigenvalue weighted by molar-refractivity contribution is -0.126. The zero-order chi connectivity index (χ0) is 16.9. The van der Waals surface area contributed by atoms with Gasteiger partial charge in [0.15, 0.2) is 0 Å². The number of rotatable bonds is 6. The first-order valence-electron chi connectivity index (χ1n) is 8.47. The van der Waals surface area contributed by atoms with Crippen LogP contribution in [0.4, 0.5) is 0 Å². The fourth-order valence-electron chi connectivity index (χ4n) is 3.11. The van der Waals surface area contributed by atoms with Crippen LogP contribution in [-0.2, 0) is 11.3 Å². The number of H-pyrrole nitrogens is 1. The molecule has 1 amide bonds. The Labute approximate surface area is 141 Å². The van der Waals surface area contributed by atoms with E-state index < -0.39 is 0 Å². The number of hydrogen-bond acceptors (Lipinski definition) is 5. The normalized spacial score (nSPS) is 16.5. The van der Waals surface area contributed by atoms with Crippen LogP contribution in [0, 0.1) is 0 Å². The number of hydrogen-bond donors (Lipinski definition) is 2. The molecule has 24 heavy (non-hydrogen) atoms. The van der Waals surface area contributed by atoms with Crippen molar-refractivity contribution in [3.05, 3.63) is 29.8 Å². The Morgan fingerprint density at radius 1 is 1.42 bits per heavy atom. The molecular formula is C17H24N6O. The fraction of sp³-hybridized carbons (Fsp3) is 0.529. The number of nitrogens with zero attached hydrogens (tertiary/aromatic N) is 4. The van der Waals surface area contributed by atoms with Gasteiger partial charge in [-0.3, -0.25) is 9.69 Å². The van der Waals surface area contributed by atoms with Gasteiger partial charge in [0.25, 0.3) is 0 Å². The number of aromatic amines is 1. The van der Waals surface area contributed by atoms with Crippen molar-refractivity contribution in [3.63, 3.8) is 0 Å². The van der Waals surface area contributed by atoms with Gasteiger partial charge in [0.05, 0.1) is 6.04 Å². The highest BCUT2D eigenvalue weighted by atomic mass is 16.2. The van der Waals surface area contributed by atoms with Gasteiger partial charge in [-0.1, -0.05) is 31.0 Å². The third-order valence-corrected chi connectivity index (χ3v) is 4.70. The fourth-order valence-corrected chi connectivity index (χ4v) is 3.11. The van der Waals surface area contributed by atoms with Gasteiger partial charge in [0, 0.05) is 18.2 Å². The predicted octanol–water partition coefficient (Wildman–Crippen LogP) is 1.75. The molecule has 1 saturated carbocycles. The van der Waals surface area contributed by atoms with Crippen LogP contribution >= 0.6 is 0 Å². The molecule has 2 N–H and O–H groups in total. The van der Waals surface area contributed by atoms with E-state index in [1.807, 2.05) is 38.2 Å². The maximum absolute atomic E-state index is 12.4. The highest BCUT2D eigenvalue weighted by Crippen LogP contribution is 2.19. The molecule has 1 atom stereocenters. The highest BCUT2D eigenvalue weighted by molar-refractivity contribution is 5.81. The maximum Gasteiger partial charge on any atom is 0.237 e. The van der Waals surface area contributed by atoms with Crippen LogP contribution in [-0.4, -0.2) is 50.6 Å². The third-order valence-electron chi connectivity index (χ3n) is 4.70. The summed E-state index contributed by atoms with van der Waals surface area (Å²) in [6, 6.07) is 8.18. The molecule has 0 saturated heterocycles. The van der Waals surface area contributed by atoms with E-state index in [2.05, 4.69) is 30.8 Å². The molecule has 0 radical (unpaired) electrons. The van der Waals surface area contributed by atoms with Crippen LogP contribution in [0.5, 0.6) is 0 Å². The van der Waals surface area contributed by atoms with Gasteiger partial charge in [-0.2, -0.15) is 5.21 Å². The summed E-state index contributed by atoms with van der Waals surface area (Å²) >= 11 is 0. The number of nitrogens with one attached hydrogen (secondary N) is 2. The molecule has 1 aromatic heterocycles. The van der Waals surface area contributed by atoms with E-state index in [4.69, 9.17) is 0 Å². The van der Waals surface area contributed by atoms with Crippen LogP contribution in [0.25, 0.3) is 11.4 Å². The number of carbonyl (C=O) groups excluding carboxylic acids is 1. The summed E-state index contributed by atoms with van der Waals surface area (Å²) in [5.74, 6) is 0.685. The molecule has 1 aromatic carbocycles. The Bertz CT molecular complexity index is 665. The number of carbonyl (C=O) groups is 1. The van der Waals surface area contributed by atoms with Crippen molar-refractivity contribution in [2.24, 2.45) is 0 Å². The molecule has 128 valence electrons. The average Bonchev–Trinajstić information content (AvgIpc) is 3.28. The maximum atomic E-state index is 12.4. The van der Waals surface area contributed by atoms with Gasteiger partial charge >= 0.3 is 0 Å². The SMILES string of the molecule is C[C@H](C(=O)NC1CCCC1)N(C)Cc1cccc(-c2nn[nH]n2)c1. The van der Waals surface area contributed by atoms with Crippen molar-refractivity contribution in [2.75, 3.05) is 7.05 Å². The van der Waals surface area contributed by atoms with E-state index in [-0.39, 0.29) is 11.9 Å². The highest BCUT2D eigenvalue weighted by Gasteiger charge is 2.23. The number of aromatic nitrogens is 4. The molecule has 1 aliphatic rings. The third kappa shape index (κ3) is 3.97. The van der Waals surface area contributed by atoms with Gasteiger partial charge in [-0.15, -0.1) is 10.2 Å². The number of benzene rings is 1. The molecule has 7 nitrogen and oxygen atoms in total. The topological polar surface area (TPSA) is 86.8 Å². The minimum atomic E-state index is -0.167. The monoisotopic (exact) mass is 328 g/mol. The molecule has 1 aliphatic carbocycles. The van der Waals surface area contributed by atoms with E-state index in [1.165, 1.54) is 12.8 Å². The molecule has 0 unspecified atom stereocenters. The van der Waals surface area contributed by atoms with Gasteiger partial charge in [-0.05, 0) is 43.7 Å². The van der Waals surface area contributed by atoms with Crippen molar-refractivity contribution >= 4 is 5.91 Å². The molecule has 1 heterocycles. The first-order chi connectivity index (χ1) is 11.6. The second-order valence-electron chi connectivity index (χ2n) is 6.52. The first-order valence-corrected chi connectivity index (χ1v) is 8.47. The van der Waals surface area contributed by atoms with Gasteiger partial charge in [-0.25, -0.2) is 0 Å².